The Kier molecular flexibility index (Phi) is 4.74. The molecule has 1 amide bonds. The summed E-state index contributed by atoms with van der Waals surface area (Å²) in [6, 6.07) is 1.66. The van der Waals surface area contributed by atoms with Crippen LogP contribution in [0.4, 0.5) is 5.00 Å². The monoisotopic (exact) mass is 368 g/mol. The van der Waals surface area contributed by atoms with Gasteiger partial charge in [-0.3, -0.25) is 9.78 Å². The lowest BCUT2D eigenvalue weighted by Crippen LogP contribution is -2.14. The molecule has 2 heterocycles. The van der Waals surface area contributed by atoms with Crippen LogP contribution >= 0.6 is 27.3 Å². The zero-order valence-electron chi connectivity index (χ0n) is 11.7. The van der Waals surface area contributed by atoms with Crippen LogP contribution < -0.4 is 5.32 Å². The summed E-state index contributed by atoms with van der Waals surface area (Å²) in [5.74, 6) is -0.783. The molecule has 0 aliphatic heterocycles. The number of rotatable bonds is 3. The molecule has 0 aliphatic rings. The molecule has 5 nitrogen and oxygen atoms in total. The summed E-state index contributed by atoms with van der Waals surface area (Å²) >= 11 is 4.61. The number of anilines is 1. The second kappa shape index (κ2) is 6.36. The van der Waals surface area contributed by atoms with Crippen LogP contribution in [0, 0.1) is 13.8 Å². The first kappa shape index (κ1) is 15.7. The summed E-state index contributed by atoms with van der Waals surface area (Å²) in [5, 5.41) is 3.24. The maximum Gasteiger partial charge on any atom is 0.341 e. The molecule has 0 radical (unpaired) electrons. The van der Waals surface area contributed by atoms with Gasteiger partial charge in [-0.25, -0.2) is 4.79 Å². The van der Waals surface area contributed by atoms with E-state index in [0.717, 1.165) is 10.4 Å². The highest BCUT2D eigenvalue weighted by molar-refractivity contribution is 9.10. The van der Waals surface area contributed by atoms with Crippen molar-refractivity contribution in [1.82, 2.24) is 4.98 Å². The van der Waals surface area contributed by atoms with Crippen LogP contribution in [0.3, 0.4) is 0 Å². The SMILES string of the molecule is COC(=O)c1c(NC(=O)c2cncc(Br)c2)sc(C)c1C. The fourth-order valence-electron chi connectivity index (χ4n) is 1.77. The number of nitrogens with zero attached hydrogens (tertiary/aromatic N) is 1. The molecule has 21 heavy (non-hydrogen) atoms. The Labute approximate surface area is 134 Å². The number of pyridine rings is 1. The van der Waals surface area contributed by atoms with E-state index in [4.69, 9.17) is 4.74 Å². The van der Waals surface area contributed by atoms with Crippen molar-refractivity contribution in [2.75, 3.05) is 12.4 Å². The Bertz CT molecular complexity index is 712. The highest BCUT2D eigenvalue weighted by Gasteiger charge is 2.22. The Morgan fingerprint density at radius 1 is 1.33 bits per heavy atom. The molecule has 2 aromatic heterocycles. The van der Waals surface area contributed by atoms with Gasteiger partial charge in [0.15, 0.2) is 0 Å². The normalized spacial score (nSPS) is 10.3. The van der Waals surface area contributed by atoms with Crippen molar-refractivity contribution in [3.63, 3.8) is 0 Å². The summed E-state index contributed by atoms with van der Waals surface area (Å²) < 4.78 is 5.48. The topological polar surface area (TPSA) is 68.3 Å². The molecule has 0 spiro atoms. The third kappa shape index (κ3) is 3.30. The number of amides is 1. The van der Waals surface area contributed by atoms with E-state index in [9.17, 15) is 9.59 Å². The van der Waals surface area contributed by atoms with Gasteiger partial charge in [0.05, 0.1) is 18.2 Å². The van der Waals surface area contributed by atoms with Gasteiger partial charge < -0.3 is 10.1 Å². The van der Waals surface area contributed by atoms with E-state index in [2.05, 4.69) is 26.2 Å². The Hall–Kier alpha value is -1.73. The summed E-state index contributed by atoms with van der Waals surface area (Å²) in [6.07, 6.45) is 3.06. The number of carbonyl (C=O) groups is 2. The molecule has 7 heteroatoms. The number of thiophene rings is 1. The predicted octanol–water partition coefficient (Wildman–Crippen LogP) is 3.56. The Balaban J connectivity index is 2.34. The maximum absolute atomic E-state index is 12.2. The fourth-order valence-corrected chi connectivity index (χ4v) is 3.18. The maximum atomic E-state index is 12.2. The molecular weight excluding hydrogens is 356 g/mol. The number of hydrogen-bond acceptors (Lipinski definition) is 5. The Morgan fingerprint density at radius 2 is 2.05 bits per heavy atom. The predicted molar refractivity (Wildman–Crippen MR) is 85.0 cm³/mol. The smallest absolute Gasteiger partial charge is 0.341 e. The molecule has 0 bridgehead atoms. The number of hydrogen-bond donors (Lipinski definition) is 1. The van der Waals surface area contributed by atoms with E-state index in [1.165, 1.54) is 24.6 Å². The van der Waals surface area contributed by atoms with Gasteiger partial charge in [-0.2, -0.15) is 0 Å². The van der Waals surface area contributed by atoms with Crippen LogP contribution in [0.2, 0.25) is 0 Å². The second-order valence-corrected chi connectivity index (χ2v) is 6.47. The third-order valence-corrected chi connectivity index (χ3v) is 4.53. The molecule has 2 aromatic rings. The third-order valence-electron chi connectivity index (χ3n) is 2.97. The van der Waals surface area contributed by atoms with Crippen molar-refractivity contribution >= 4 is 44.1 Å². The number of halogens is 1. The average molecular weight is 369 g/mol. The van der Waals surface area contributed by atoms with Crippen LogP contribution in [-0.4, -0.2) is 24.0 Å². The van der Waals surface area contributed by atoms with E-state index in [1.807, 2.05) is 13.8 Å². The fraction of sp³-hybridized carbons (Fsp3) is 0.214. The molecule has 0 aromatic carbocycles. The van der Waals surface area contributed by atoms with Gasteiger partial charge in [-0.05, 0) is 41.4 Å². The number of methoxy groups -OCH3 is 1. The van der Waals surface area contributed by atoms with Crippen molar-refractivity contribution < 1.29 is 14.3 Å². The molecule has 0 saturated carbocycles. The molecule has 0 unspecified atom stereocenters. The summed E-state index contributed by atoms with van der Waals surface area (Å²) in [4.78, 5) is 29.0. The largest absolute Gasteiger partial charge is 0.465 e. The van der Waals surface area contributed by atoms with Crippen LogP contribution in [0.25, 0.3) is 0 Å². The van der Waals surface area contributed by atoms with Gasteiger partial charge in [0, 0.05) is 21.7 Å². The zero-order valence-corrected chi connectivity index (χ0v) is 14.1. The van der Waals surface area contributed by atoms with Gasteiger partial charge in [0.25, 0.3) is 5.91 Å². The standard InChI is InChI=1S/C14H13BrN2O3S/c1-7-8(2)21-13(11(7)14(19)20-3)17-12(18)9-4-10(15)6-16-5-9/h4-6H,1-3H3,(H,17,18). The first-order chi connectivity index (χ1) is 9.93. The quantitative estimate of drug-likeness (QED) is 0.840. The lowest BCUT2D eigenvalue weighted by Gasteiger charge is -2.06. The van der Waals surface area contributed by atoms with Crippen LogP contribution in [-0.2, 0) is 4.74 Å². The van der Waals surface area contributed by atoms with Crippen LogP contribution in [0.1, 0.15) is 31.2 Å². The number of esters is 1. The van der Waals surface area contributed by atoms with E-state index < -0.39 is 5.97 Å². The lowest BCUT2D eigenvalue weighted by atomic mass is 10.1. The second-order valence-electron chi connectivity index (χ2n) is 4.32. The number of aromatic nitrogens is 1. The summed E-state index contributed by atoms with van der Waals surface area (Å²) in [6.45, 7) is 3.72. The van der Waals surface area contributed by atoms with E-state index >= 15 is 0 Å². The van der Waals surface area contributed by atoms with Crippen molar-refractivity contribution in [2.24, 2.45) is 0 Å². The van der Waals surface area contributed by atoms with Crippen molar-refractivity contribution in [3.05, 3.63) is 44.5 Å². The summed E-state index contributed by atoms with van der Waals surface area (Å²) in [7, 11) is 1.32. The number of carbonyl (C=O) groups excluding carboxylic acids is 2. The first-order valence-electron chi connectivity index (χ1n) is 6.04. The number of aryl methyl sites for hydroxylation is 1. The van der Waals surface area contributed by atoms with Crippen LogP contribution in [0.5, 0.6) is 0 Å². The van der Waals surface area contributed by atoms with Crippen molar-refractivity contribution in [3.8, 4) is 0 Å². The highest BCUT2D eigenvalue weighted by Crippen LogP contribution is 2.33. The van der Waals surface area contributed by atoms with E-state index in [0.29, 0.717) is 20.6 Å². The van der Waals surface area contributed by atoms with Crippen LogP contribution in [0.15, 0.2) is 22.9 Å². The van der Waals surface area contributed by atoms with Gasteiger partial charge in [0.1, 0.15) is 5.00 Å². The molecule has 0 saturated heterocycles. The first-order valence-corrected chi connectivity index (χ1v) is 7.65. The van der Waals surface area contributed by atoms with E-state index in [1.54, 1.807) is 12.3 Å². The van der Waals surface area contributed by atoms with Gasteiger partial charge in [-0.15, -0.1) is 11.3 Å². The number of ether oxygens (including phenoxy) is 1. The number of nitrogens with one attached hydrogen (secondary N) is 1. The Morgan fingerprint density at radius 3 is 2.67 bits per heavy atom. The van der Waals surface area contributed by atoms with Crippen molar-refractivity contribution in [1.29, 1.82) is 0 Å². The zero-order chi connectivity index (χ0) is 15.6. The van der Waals surface area contributed by atoms with Gasteiger partial charge in [-0.1, -0.05) is 0 Å². The average Bonchev–Trinajstić information content (AvgIpc) is 2.73. The minimum absolute atomic E-state index is 0.324. The molecule has 0 fully saturated rings. The van der Waals surface area contributed by atoms with Gasteiger partial charge in [0.2, 0.25) is 0 Å². The minimum Gasteiger partial charge on any atom is -0.465 e. The van der Waals surface area contributed by atoms with Crippen molar-refractivity contribution in [2.45, 2.75) is 13.8 Å². The molecule has 0 atom stereocenters. The summed E-state index contributed by atoms with van der Waals surface area (Å²) in [5.41, 5.74) is 1.62. The van der Waals surface area contributed by atoms with Gasteiger partial charge >= 0.3 is 5.97 Å². The highest BCUT2D eigenvalue weighted by atomic mass is 79.9. The molecule has 2 rings (SSSR count). The molecule has 1 N–H and O–H groups in total. The van der Waals surface area contributed by atoms with E-state index in [-0.39, 0.29) is 5.91 Å². The molecule has 0 aliphatic carbocycles. The lowest BCUT2D eigenvalue weighted by molar-refractivity contribution is 0.0601. The molecular formula is C14H13BrN2O3S. The molecule has 110 valence electrons. The minimum atomic E-state index is -0.459.